The number of hydrogen-bond donors (Lipinski definition) is 1. The predicted octanol–water partition coefficient (Wildman–Crippen LogP) is 2.28. The molecule has 2 nitrogen and oxygen atoms in total. The second-order valence-electron chi connectivity index (χ2n) is 4.06. The molecule has 0 spiro atoms. The maximum atomic E-state index is 13.1. The number of allylic oxidation sites excluding steroid dienone is 4. The van der Waals surface area contributed by atoms with E-state index < -0.39 is 12.3 Å². The van der Waals surface area contributed by atoms with Gasteiger partial charge in [-0.05, 0) is 18.2 Å². The van der Waals surface area contributed by atoms with Crippen molar-refractivity contribution in [3.63, 3.8) is 0 Å². The Balaban J connectivity index is 1.88. The summed E-state index contributed by atoms with van der Waals surface area (Å²) in [5.74, 6) is 0.169. The summed E-state index contributed by atoms with van der Waals surface area (Å²) in [6.07, 6.45) is 6.70. The molecule has 1 heterocycles. The van der Waals surface area contributed by atoms with Gasteiger partial charge in [0, 0.05) is 6.42 Å². The van der Waals surface area contributed by atoms with Crippen molar-refractivity contribution in [1.82, 2.24) is 5.32 Å². The molecule has 4 heteroatoms. The van der Waals surface area contributed by atoms with Crippen LogP contribution in [0.2, 0.25) is 0 Å². The third kappa shape index (κ3) is 1.54. The zero-order valence-corrected chi connectivity index (χ0v) is 8.49. The van der Waals surface area contributed by atoms with Crippen LogP contribution in [0.5, 0.6) is 0 Å². The zero-order valence-electron chi connectivity index (χ0n) is 8.49. The van der Waals surface area contributed by atoms with E-state index in [0.29, 0.717) is 12.2 Å². The van der Waals surface area contributed by atoms with E-state index in [-0.39, 0.29) is 11.9 Å². The molecule has 84 valence electrons. The first-order chi connectivity index (χ1) is 7.72. The summed E-state index contributed by atoms with van der Waals surface area (Å²) >= 11 is 0. The lowest BCUT2D eigenvalue weighted by molar-refractivity contribution is 0.107. The Morgan fingerprint density at radius 3 is 3.12 bits per heavy atom. The van der Waals surface area contributed by atoms with Gasteiger partial charge in [0.05, 0.1) is 11.7 Å². The van der Waals surface area contributed by atoms with Gasteiger partial charge >= 0.3 is 0 Å². The zero-order chi connectivity index (χ0) is 11.1. The van der Waals surface area contributed by atoms with Crippen molar-refractivity contribution in [2.75, 3.05) is 0 Å². The summed E-state index contributed by atoms with van der Waals surface area (Å²) in [7, 11) is 0. The molecule has 0 aromatic carbocycles. The van der Waals surface area contributed by atoms with E-state index >= 15 is 0 Å². The van der Waals surface area contributed by atoms with Gasteiger partial charge in [-0.15, -0.1) is 0 Å². The smallest absolute Gasteiger partial charge is 0.144 e. The highest BCUT2D eigenvalue weighted by Crippen LogP contribution is 2.30. The number of hydrogen-bond acceptors (Lipinski definition) is 2. The molecule has 0 aromatic rings. The summed E-state index contributed by atoms with van der Waals surface area (Å²) < 4.78 is 31.7. The largest absolute Gasteiger partial charge is 0.482 e. The van der Waals surface area contributed by atoms with Crippen LogP contribution in [0.3, 0.4) is 0 Å². The van der Waals surface area contributed by atoms with E-state index in [1.807, 2.05) is 0 Å². The van der Waals surface area contributed by atoms with E-state index in [1.165, 1.54) is 18.2 Å². The molecule has 3 atom stereocenters. The minimum Gasteiger partial charge on any atom is -0.482 e. The van der Waals surface area contributed by atoms with Crippen LogP contribution in [-0.4, -0.2) is 18.3 Å². The fourth-order valence-electron chi connectivity index (χ4n) is 2.07. The lowest BCUT2D eigenvalue weighted by atomic mass is 9.99. The van der Waals surface area contributed by atoms with Gasteiger partial charge in [-0.3, -0.25) is 0 Å². The molecule has 2 aliphatic carbocycles. The van der Waals surface area contributed by atoms with Gasteiger partial charge in [0.2, 0.25) is 0 Å². The van der Waals surface area contributed by atoms with Crippen molar-refractivity contribution < 1.29 is 13.5 Å². The molecule has 0 amide bonds. The molecule has 3 unspecified atom stereocenters. The number of alkyl halides is 1. The fraction of sp³-hybridized carbons (Fsp3) is 0.333. The average Bonchev–Trinajstić information content (AvgIpc) is 2.26. The van der Waals surface area contributed by atoms with E-state index in [1.54, 1.807) is 12.2 Å². The molecular weight excluding hydrogens is 212 g/mol. The first-order valence-electron chi connectivity index (χ1n) is 5.27. The van der Waals surface area contributed by atoms with Crippen molar-refractivity contribution in [3.8, 4) is 0 Å². The summed E-state index contributed by atoms with van der Waals surface area (Å²) in [4.78, 5) is 0. The molecule has 3 aliphatic rings. The molecule has 0 radical (unpaired) electrons. The maximum absolute atomic E-state index is 13.1. The highest BCUT2D eigenvalue weighted by atomic mass is 19.1. The summed E-state index contributed by atoms with van der Waals surface area (Å²) in [6.45, 7) is 0. The fourth-order valence-corrected chi connectivity index (χ4v) is 2.07. The van der Waals surface area contributed by atoms with Crippen molar-refractivity contribution in [2.24, 2.45) is 0 Å². The quantitative estimate of drug-likeness (QED) is 0.680. The normalized spacial score (nSPS) is 35.9. The molecule has 1 N–H and O–H groups in total. The summed E-state index contributed by atoms with van der Waals surface area (Å²) in [5, 5.41) is 3.20. The maximum Gasteiger partial charge on any atom is 0.144 e. The topological polar surface area (TPSA) is 21.3 Å². The van der Waals surface area contributed by atoms with Crippen molar-refractivity contribution in [2.45, 2.75) is 24.7 Å². The molecule has 0 bridgehead atoms. The Hall–Kier alpha value is -1.58. The number of fused-ring (bicyclic) bond motifs is 2. The number of halogens is 2. The van der Waals surface area contributed by atoms with Gasteiger partial charge in [-0.2, -0.15) is 0 Å². The second kappa shape index (κ2) is 3.47. The van der Waals surface area contributed by atoms with Gasteiger partial charge in [-0.25, -0.2) is 8.78 Å². The SMILES string of the molecule is FC1=CC2OC3=CC(F)CC=C3NC2C=C1. The first kappa shape index (κ1) is 9.63. The number of morpholine rings is 1. The number of nitrogens with one attached hydrogen (secondary N) is 1. The predicted molar refractivity (Wildman–Crippen MR) is 55.8 cm³/mol. The monoisotopic (exact) mass is 223 g/mol. The van der Waals surface area contributed by atoms with Crippen LogP contribution in [0.1, 0.15) is 6.42 Å². The highest BCUT2D eigenvalue weighted by Gasteiger charge is 2.32. The first-order valence-corrected chi connectivity index (χ1v) is 5.27. The minimum atomic E-state index is -1.01. The van der Waals surface area contributed by atoms with E-state index in [9.17, 15) is 8.78 Å². The summed E-state index contributed by atoms with van der Waals surface area (Å²) in [6, 6.07) is -0.0703. The van der Waals surface area contributed by atoms with Crippen LogP contribution in [0.15, 0.2) is 47.7 Å². The third-order valence-electron chi connectivity index (χ3n) is 2.87. The van der Waals surface area contributed by atoms with Crippen LogP contribution in [-0.2, 0) is 4.74 Å². The Morgan fingerprint density at radius 1 is 1.38 bits per heavy atom. The molecular formula is C12H11F2NO. The Bertz CT molecular complexity index is 436. The Labute approximate surface area is 92.0 Å². The Morgan fingerprint density at radius 2 is 2.25 bits per heavy atom. The summed E-state index contributed by atoms with van der Waals surface area (Å²) in [5.41, 5.74) is 0.801. The van der Waals surface area contributed by atoms with Crippen LogP contribution in [0.25, 0.3) is 0 Å². The number of rotatable bonds is 0. The van der Waals surface area contributed by atoms with Gasteiger partial charge in [-0.1, -0.05) is 12.2 Å². The third-order valence-corrected chi connectivity index (χ3v) is 2.87. The molecule has 16 heavy (non-hydrogen) atoms. The molecule has 1 saturated heterocycles. The van der Waals surface area contributed by atoms with E-state index in [0.717, 1.165) is 5.70 Å². The van der Waals surface area contributed by atoms with E-state index in [4.69, 9.17) is 4.74 Å². The van der Waals surface area contributed by atoms with Gasteiger partial charge in [0.25, 0.3) is 0 Å². The van der Waals surface area contributed by atoms with Gasteiger partial charge in [0.15, 0.2) is 0 Å². The highest BCUT2D eigenvalue weighted by molar-refractivity contribution is 5.37. The standard InChI is InChI=1S/C12H11F2NO/c13-7-1-3-9-11(5-7)16-12-6-8(14)2-4-10(12)15-9/h1,3-6,8-9,11,15H,2H2. The molecule has 0 saturated carbocycles. The van der Waals surface area contributed by atoms with Crippen LogP contribution in [0.4, 0.5) is 8.78 Å². The van der Waals surface area contributed by atoms with Crippen molar-refractivity contribution in [3.05, 3.63) is 47.7 Å². The lowest BCUT2D eigenvalue weighted by Gasteiger charge is -2.36. The minimum absolute atomic E-state index is 0.0703. The Kier molecular flexibility index (Phi) is 2.09. The van der Waals surface area contributed by atoms with Crippen LogP contribution in [0, 0.1) is 0 Å². The van der Waals surface area contributed by atoms with Gasteiger partial charge in [0.1, 0.15) is 23.9 Å². The van der Waals surface area contributed by atoms with E-state index in [2.05, 4.69) is 5.32 Å². The van der Waals surface area contributed by atoms with Gasteiger partial charge < -0.3 is 10.1 Å². The molecule has 1 aliphatic heterocycles. The second-order valence-corrected chi connectivity index (χ2v) is 4.06. The average molecular weight is 223 g/mol. The van der Waals surface area contributed by atoms with Crippen molar-refractivity contribution >= 4 is 0 Å². The molecule has 1 fully saturated rings. The van der Waals surface area contributed by atoms with Crippen LogP contribution < -0.4 is 5.32 Å². The number of ether oxygens (including phenoxy) is 1. The molecule has 3 rings (SSSR count). The van der Waals surface area contributed by atoms with Crippen molar-refractivity contribution in [1.29, 1.82) is 0 Å². The lowest BCUT2D eigenvalue weighted by Crippen LogP contribution is -2.45. The van der Waals surface area contributed by atoms with Crippen LogP contribution >= 0.6 is 0 Å². The molecule has 0 aromatic heterocycles.